The van der Waals surface area contributed by atoms with Gasteiger partial charge in [-0.1, -0.05) is 50.2 Å². The first-order valence-electron chi connectivity index (χ1n) is 9.80. The third kappa shape index (κ3) is 4.40. The second-order valence-corrected chi connectivity index (χ2v) is 7.97. The molecule has 0 saturated carbocycles. The summed E-state index contributed by atoms with van der Waals surface area (Å²) in [5.41, 5.74) is 4.38. The molecule has 3 aromatic rings. The minimum absolute atomic E-state index is 0.0377. The number of benzene rings is 2. The molecule has 2 heterocycles. The van der Waals surface area contributed by atoms with E-state index in [1.54, 1.807) is 0 Å². The highest BCUT2D eigenvalue weighted by molar-refractivity contribution is 5.72. The van der Waals surface area contributed by atoms with Gasteiger partial charge in [0.15, 0.2) is 0 Å². The van der Waals surface area contributed by atoms with Gasteiger partial charge in [0.25, 0.3) is 0 Å². The van der Waals surface area contributed by atoms with E-state index in [1.165, 1.54) is 5.56 Å². The largest absolute Gasteiger partial charge is 0.412 e. The van der Waals surface area contributed by atoms with Crippen LogP contribution in [0.25, 0.3) is 0 Å². The molecule has 0 radical (unpaired) electrons. The third-order valence-electron chi connectivity index (χ3n) is 5.19. The maximum absolute atomic E-state index is 12.2. The summed E-state index contributed by atoms with van der Waals surface area (Å²) in [6, 6.07) is 21.6. The number of hydrogen-bond donors (Lipinski definition) is 1. The van der Waals surface area contributed by atoms with Crippen LogP contribution in [0.3, 0.4) is 0 Å². The fraction of sp³-hybridized carbons (Fsp3) is 0.250. The predicted octanol–water partition coefficient (Wildman–Crippen LogP) is 4.67. The molecule has 1 aliphatic rings. The molecule has 1 N–H and O–H groups in total. The lowest BCUT2D eigenvalue weighted by Crippen LogP contribution is -2.28. The summed E-state index contributed by atoms with van der Waals surface area (Å²) in [6.07, 6.45) is 1.37. The van der Waals surface area contributed by atoms with Gasteiger partial charge in [-0.3, -0.25) is 4.98 Å². The first kappa shape index (κ1) is 19.0. The van der Waals surface area contributed by atoms with Crippen LogP contribution in [0.5, 0.6) is 5.75 Å². The number of amides is 1. The molecule has 5 heteroatoms. The van der Waals surface area contributed by atoms with Crippen molar-refractivity contribution in [3.63, 3.8) is 0 Å². The Kier molecular flexibility index (Phi) is 5.21. The predicted molar refractivity (Wildman–Crippen MR) is 114 cm³/mol. The van der Waals surface area contributed by atoms with E-state index in [2.05, 4.69) is 29.0 Å². The Bertz CT molecular complexity index is 988. The second kappa shape index (κ2) is 7.95. The Morgan fingerprint density at radius 1 is 1.10 bits per heavy atom. The molecule has 29 heavy (non-hydrogen) atoms. The van der Waals surface area contributed by atoms with Gasteiger partial charge >= 0.3 is 6.09 Å². The van der Waals surface area contributed by atoms with E-state index in [0.29, 0.717) is 12.3 Å². The molecule has 5 nitrogen and oxygen atoms in total. The van der Waals surface area contributed by atoms with Crippen molar-refractivity contribution in [2.45, 2.75) is 32.4 Å². The van der Waals surface area contributed by atoms with E-state index in [1.807, 2.05) is 72.9 Å². The van der Waals surface area contributed by atoms with Crippen LogP contribution in [0.1, 0.15) is 30.7 Å². The average Bonchev–Trinajstić information content (AvgIpc) is 2.97. The number of nitrogens with zero attached hydrogens (tertiary/aromatic N) is 2. The van der Waals surface area contributed by atoms with Gasteiger partial charge in [0, 0.05) is 30.4 Å². The molecule has 1 amide bonds. The molecule has 1 aromatic heterocycles. The van der Waals surface area contributed by atoms with E-state index in [4.69, 9.17) is 4.74 Å². The molecule has 0 bridgehead atoms. The van der Waals surface area contributed by atoms with Crippen LogP contribution in [-0.2, 0) is 18.5 Å². The fourth-order valence-electron chi connectivity index (χ4n) is 3.79. The summed E-state index contributed by atoms with van der Waals surface area (Å²) >= 11 is 0. The second-order valence-electron chi connectivity index (χ2n) is 7.97. The third-order valence-corrected chi connectivity index (χ3v) is 5.19. The summed E-state index contributed by atoms with van der Waals surface area (Å²) in [5, 5.41) is 2.80. The molecular weight excluding hydrogens is 362 g/mol. The van der Waals surface area contributed by atoms with Gasteiger partial charge < -0.3 is 15.0 Å². The Labute approximate surface area is 171 Å². The van der Waals surface area contributed by atoms with Gasteiger partial charge in [-0.05, 0) is 41.5 Å². The van der Waals surface area contributed by atoms with E-state index in [9.17, 15) is 4.79 Å². The minimum Gasteiger partial charge on any atom is -0.410 e. The maximum Gasteiger partial charge on any atom is 0.412 e. The van der Waals surface area contributed by atoms with E-state index < -0.39 is 6.09 Å². The zero-order valence-electron chi connectivity index (χ0n) is 16.8. The first-order valence-corrected chi connectivity index (χ1v) is 9.80. The fourth-order valence-corrected chi connectivity index (χ4v) is 3.79. The number of rotatable bonds is 5. The van der Waals surface area contributed by atoms with Crippen LogP contribution in [0.2, 0.25) is 0 Å². The average molecular weight is 387 g/mol. The highest BCUT2D eigenvalue weighted by Gasteiger charge is 2.35. The number of hydrogen-bond acceptors (Lipinski definition) is 4. The quantitative estimate of drug-likeness (QED) is 0.691. The van der Waals surface area contributed by atoms with Gasteiger partial charge in [0.05, 0.1) is 12.2 Å². The summed E-state index contributed by atoms with van der Waals surface area (Å²) in [4.78, 5) is 19.0. The summed E-state index contributed by atoms with van der Waals surface area (Å²) in [5.74, 6) is 0.557. The molecule has 0 spiro atoms. The number of nitrogens with one attached hydrogen (secondary N) is 1. The monoisotopic (exact) mass is 387 g/mol. The van der Waals surface area contributed by atoms with Gasteiger partial charge in [-0.25, -0.2) is 4.79 Å². The van der Waals surface area contributed by atoms with Crippen molar-refractivity contribution in [2.24, 2.45) is 0 Å². The van der Waals surface area contributed by atoms with Crippen molar-refractivity contribution in [3.05, 3.63) is 89.7 Å². The molecule has 4 rings (SSSR count). The lowest BCUT2D eigenvalue weighted by Gasteiger charge is -2.22. The van der Waals surface area contributed by atoms with Crippen LogP contribution in [-0.4, -0.2) is 17.6 Å². The Hall–Kier alpha value is -3.34. The van der Waals surface area contributed by atoms with Crippen LogP contribution in [0.4, 0.5) is 10.5 Å². The molecule has 2 aromatic carbocycles. The van der Waals surface area contributed by atoms with Crippen molar-refractivity contribution in [1.29, 1.82) is 0 Å². The molecule has 1 aliphatic heterocycles. The molecule has 0 unspecified atom stereocenters. The van der Waals surface area contributed by atoms with Gasteiger partial charge in [0.1, 0.15) is 5.75 Å². The number of anilines is 1. The molecule has 148 valence electrons. The number of carbonyl (C=O) groups excluding carboxylic acids is 1. The maximum atomic E-state index is 12.2. The van der Waals surface area contributed by atoms with Crippen molar-refractivity contribution in [2.75, 3.05) is 11.4 Å². The van der Waals surface area contributed by atoms with Crippen LogP contribution in [0.15, 0.2) is 72.9 Å². The van der Waals surface area contributed by atoms with E-state index in [-0.39, 0.29) is 5.41 Å². The van der Waals surface area contributed by atoms with Crippen LogP contribution in [0, 0.1) is 0 Å². The number of fused-ring (bicyclic) bond motifs is 1. The summed E-state index contributed by atoms with van der Waals surface area (Å²) in [6.45, 7) is 6.51. The highest BCUT2D eigenvalue weighted by Crippen LogP contribution is 2.42. The van der Waals surface area contributed by atoms with E-state index >= 15 is 0 Å². The van der Waals surface area contributed by atoms with Crippen molar-refractivity contribution < 1.29 is 9.53 Å². The lowest BCUT2D eigenvalue weighted by molar-refractivity contribution is 0.200. The van der Waals surface area contributed by atoms with Crippen molar-refractivity contribution >= 4 is 11.8 Å². The highest BCUT2D eigenvalue weighted by atomic mass is 16.6. The SMILES string of the molecule is CC1(C)CN(Cc2ccccn2)c2ccc(OC(=O)NCc3ccccc3)cc21. The summed E-state index contributed by atoms with van der Waals surface area (Å²) < 4.78 is 5.53. The topological polar surface area (TPSA) is 54.5 Å². The number of carbonyl (C=O) groups is 1. The molecule has 0 fully saturated rings. The minimum atomic E-state index is -0.449. The smallest absolute Gasteiger partial charge is 0.410 e. The normalized spacial score (nSPS) is 14.3. The molecular formula is C24H25N3O2. The Balaban J connectivity index is 1.45. The van der Waals surface area contributed by atoms with Crippen molar-refractivity contribution in [1.82, 2.24) is 10.3 Å². The molecule has 0 atom stereocenters. The van der Waals surface area contributed by atoms with Gasteiger partial charge in [0.2, 0.25) is 0 Å². The van der Waals surface area contributed by atoms with Crippen molar-refractivity contribution in [3.8, 4) is 5.75 Å². The van der Waals surface area contributed by atoms with Gasteiger partial charge in [-0.2, -0.15) is 0 Å². The molecule has 0 aliphatic carbocycles. The standard InChI is InChI=1S/C24H25N3O2/c1-24(2)17-27(16-19-10-6-7-13-25-19)22-12-11-20(14-21(22)24)29-23(28)26-15-18-8-4-3-5-9-18/h3-14H,15-17H2,1-2H3,(H,26,28). The van der Waals surface area contributed by atoms with E-state index in [0.717, 1.165) is 30.0 Å². The summed E-state index contributed by atoms with van der Waals surface area (Å²) in [7, 11) is 0. The zero-order valence-corrected chi connectivity index (χ0v) is 16.8. The number of ether oxygens (including phenoxy) is 1. The number of pyridine rings is 1. The Morgan fingerprint density at radius 3 is 2.66 bits per heavy atom. The van der Waals surface area contributed by atoms with Gasteiger partial charge in [-0.15, -0.1) is 0 Å². The number of aromatic nitrogens is 1. The van der Waals surface area contributed by atoms with Crippen LogP contribution >= 0.6 is 0 Å². The lowest BCUT2D eigenvalue weighted by atomic mass is 9.87. The zero-order chi connectivity index (χ0) is 20.3. The Morgan fingerprint density at radius 2 is 1.90 bits per heavy atom. The first-order chi connectivity index (χ1) is 14.0. The molecule has 0 saturated heterocycles. The van der Waals surface area contributed by atoms with Crippen LogP contribution < -0.4 is 15.0 Å².